The number of thiazole rings is 1. The summed E-state index contributed by atoms with van der Waals surface area (Å²) in [7, 11) is 1.74. The topological polar surface area (TPSA) is 62.7 Å². The lowest BCUT2D eigenvalue weighted by Crippen LogP contribution is -2.35. The van der Waals surface area contributed by atoms with Crippen LogP contribution in [-0.4, -0.2) is 59.8 Å². The summed E-state index contributed by atoms with van der Waals surface area (Å²) < 4.78 is 5.39. The first kappa shape index (κ1) is 21.4. The second-order valence-corrected chi connectivity index (χ2v) is 8.47. The second-order valence-electron chi connectivity index (χ2n) is 7.52. The SMILES string of the molecule is CN(Cc1csc(CN2CCOCC2)n1)C(=O)c1ccccc1C(=O)c1ccccc1. The van der Waals surface area contributed by atoms with Crippen LogP contribution in [0, 0.1) is 0 Å². The fourth-order valence-corrected chi connectivity index (χ4v) is 4.40. The van der Waals surface area contributed by atoms with Crippen molar-refractivity contribution in [2.24, 2.45) is 0 Å². The first-order chi connectivity index (χ1) is 15.1. The summed E-state index contributed by atoms with van der Waals surface area (Å²) in [4.78, 5) is 34.7. The van der Waals surface area contributed by atoms with E-state index in [2.05, 4.69) is 4.90 Å². The van der Waals surface area contributed by atoms with Crippen molar-refractivity contribution in [2.75, 3.05) is 33.4 Å². The molecule has 1 amide bonds. The van der Waals surface area contributed by atoms with Gasteiger partial charge >= 0.3 is 0 Å². The minimum atomic E-state index is -0.192. The summed E-state index contributed by atoms with van der Waals surface area (Å²) in [6.45, 7) is 4.55. The lowest BCUT2D eigenvalue weighted by molar-refractivity contribution is 0.0341. The Kier molecular flexibility index (Phi) is 6.86. The summed E-state index contributed by atoms with van der Waals surface area (Å²) in [6, 6.07) is 16.0. The predicted molar refractivity (Wildman–Crippen MR) is 120 cm³/mol. The third kappa shape index (κ3) is 5.25. The van der Waals surface area contributed by atoms with Gasteiger partial charge in [0.25, 0.3) is 5.91 Å². The van der Waals surface area contributed by atoms with Crippen molar-refractivity contribution in [1.29, 1.82) is 0 Å². The molecule has 0 aliphatic carbocycles. The molecule has 160 valence electrons. The van der Waals surface area contributed by atoms with E-state index in [0.717, 1.165) is 43.5 Å². The minimum absolute atomic E-state index is 0.153. The Balaban J connectivity index is 1.45. The van der Waals surface area contributed by atoms with E-state index < -0.39 is 0 Å². The van der Waals surface area contributed by atoms with Crippen molar-refractivity contribution < 1.29 is 14.3 Å². The highest BCUT2D eigenvalue weighted by Gasteiger charge is 2.21. The van der Waals surface area contributed by atoms with Gasteiger partial charge in [0, 0.05) is 36.6 Å². The number of carbonyl (C=O) groups is 2. The van der Waals surface area contributed by atoms with Crippen LogP contribution in [0.5, 0.6) is 0 Å². The Labute approximate surface area is 186 Å². The number of morpholine rings is 1. The molecule has 7 heteroatoms. The van der Waals surface area contributed by atoms with Crippen LogP contribution < -0.4 is 0 Å². The molecule has 2 aromatic carbocycles. The molecule has 0 radical (unpaired) electrons. The molecule has 1 fully saturated rings. The third-order valence-electron chi connectivity index (χ3n) is 5.25. The molecule has 1 aliphatic heterocycles. The van der Waals surface area contributed by atoms with Crippen LogP contribution in [0.3, 0.4) is 0 Å². The van der Waals surface area contributed by atoms with E-state index in [4.69, 9.17) is 9.72 Å². The van der Waals surface area contributed by atoms with Gasteiger partial charge in [-0.1, -0.05) is 48.5 Å². The molecular formula is C24H25N3O3S. The summed E-state index contributed by atoms with van der Waals surface area (Å²) in [5.41, 5.74) is 2.24. The van der Waals surface area contributed by atoms with Crippen LogP contribution in [0.4, 0.5) is 0 Å². The molecule has 6 nitrogen and oxygen atoms in total. The van der Waals surface area contributed by atoms with Crippen molar-refractivity contribution >= 4 is 23.0 Å². The number of hydrogen-bond donors (Lipinski definition) is 0. The van der Waals surface area contributed by atoms with Crippen LogP contribution in [0.1, 0.15) is 37.0 Å². The maximum absolute atomic E-state index is 13.2. The lowest BCUT2D eigenvalue weighted by Gasteiger charge is -2.25. The van der Waals surface area contributed by atoms with Gasteiger partial charge in [-0.25, -0.2) is 4.98 Å². The highest BCUT2D eigenvalue weighted by atomic mass is 32.1. The fraction of sp³-hybridized carbons (Fsp3) is 0.292. The van der Waals surface area contributed by atoms with Crippen molar-refractivity contribution in [3.8, 4) is 0 Å². The lowest BCUT2D eigenvalue weighted by atomic mass is 9.97. The quantitative estimate of drug-likeness (QED) is 0.532. The molecule has 0 atom stereocenters. The highest BCUT2D eigenvalue weighted by molar-refractivity contribution is 7.09. The number of ether oxygens (including phenoxy) is 1. The average Bonchev–Trinajstić information content (AvgIpc) is 3.25. The molecule has 1 aliphatic rings. The summed E-state index contributed by atoms with van der Waals surface area (Å²) in [5.74, 6) is -0.345. The van der Waals surface area contributed by atoms with E-state index >= 15 is 0 Å². The zero-order chi connectivity index (χ0) is 21.6. The molecule has 3 aromatic rings. The van der Waals surface area contributed by atoms with Gasteiger partial charge in [0.2, 0.25) is 0 Å². The summed E-state index contributed by atoms with van der Waals surface area (Å²) in [6.07, 6.45) is 0. The Hall–Kier alpha value is -2.87. The maximum atomic E-state index is 13.2. The van der Waals surface area contributed by atoms with Gasteiger partial charge in [0.15, 0.2) is 5.78 Å². The van der Waals surface area contributed by atoms with E-state index in [1.54, 1.807) is 59.7 Å². The average molecular weight is 436 g/mol. The van der Waals surface area contributed by atoms with E-state index in [-0.39, 0.29) is 11.7 Å². The molecule has 0 bridgehead atoms. The molecular weight excluding hydrogens is 410 g/mol. The zero-order valence-corrected chi connectivity index (χ0v) is 18.3. The standard InChI is InChI=1S/C24H25N3O3S/c1-26(15-19-17-31-22(25-19)16-27-11-13-30-14-12-27)24(29)21-10-6-5-9-20(21)23(28)18-7-3-2-4-8-18/h2-10,17H,11-16H2,1H3. The van der Waals surface area contributed by atoms with Gasteiger partial charge in [-0.05, 0) is 6.07 Å². The van der Waals surface area contributed by atoms with E-state index in [1.807, 2.05) is 23.6 Å². The smallest absolute Gasteiger partial charge is 0.254 e. The molecule has 2 heterocycles. The van der Waals surface area contributed by atoms with Crippen LogP contribution >= 0.6 is 11.3 Å². The van der Waals surface area contributed by atoms with Crippen molar-refractivity contribution in [3.05, 3.63) is 87.4 Å². The van der Waals surface area contributed by atoms with Gasteiger partial charge in [-0.15, -0.1) is 11.3 Å². The number of nitrogens with zero attached hydrogens (tertiary/aromatic N) is 3. The summed E-state index contributed by atoms with van der Waals surface area (Å²) in [5, 5.41) is 3.04. The molecule has 4 rings (SSSR count). The Morgan fingerprint density at radius 3 is 2.45 bits per heavy atom. The number of aromatic nitrogens is 1. The predicted octanol–water partition coefficient (Wildman–Crippen LogP) is 3.48. The van der Waals surface area contributed by atoms with E-state index in [1.165, 1.54) is 0 Å². The van der Waals surface area contributed by atoms with Gasteiger partial charge < -0.3 is 9.64 Å². The van der Waals surface area contributed by atoms with Crippen molar-refractivity contribution in [2.45, 2.75) is 13.1 Å². The van der Waals surface area contributed by atoms with Crippen LogP contribution in [0.2, 0.25) is 0 Å². The molecule has 1 aromatic heterocycles. The van der Waals surface area contributed by atoms with Crippen LogP contribution in [0.15, 0.2) is 60.0 Å². The Morgan fingerprint density at radius 2 is 1.71 bits per heavy atom. The Bertz CT molecular complexity index is 1040. The number of carbonyl (C=O) groups excluding carboxylic acids is 2. The van der Waals surface area contributed by atoms with Gasteiger partial charge in [0.1, 0.15) is 5.01 Å². The van der Waals surface area contributed by atoms with Gasteiger partial charge in [-0.3, -0.25) is 14.5 Å². The molecule has 0 unspecified atom stereocenters. The minimum Gasteiger partial charge on any atom is -0.379 e. The third-order valence-corrected chi connectivity index (χ3v) is 6.13. The monoisotopic (exact) mass is 435 g/mol. The van der Waals surface area contributed by atoms with Crippen LogP contribution in [-0.2, 0) is 17.8 Å². The number of rotatable bonds is 7. The molecule has 0 N–H and O–H groups in total. The first-order valence-corrected chi connectivity index (χ1v) is 11.2. The van der Waals surface area contributed by atoms with E-state index in [9.17, 15) is 9.59 Å². The van der Waals surface area contributed by atoms with Crippen molar-refractivity contribution in [1.82, 2.24) is 14.8 Å². The highest BCUT2D eigenvalue weighted by Crippen LogP contribution is 2.19. The molecule has 0 spiro atoms. The van der Waals surface area contributed by atoms with Gasteiger partial charge in [0.05, 0.1) is 37.6 Å². The molecule has 31 heavy (non-hydrogen) atoms. The number of ketones is 1. The normalized spacial score (nSPS) is 14.4. The van der Waals surface area contributed by atoms with Crippen LogP contribution in [0.25, 0.3) is 0 Å². The first-order valence-electron chi connectivity index (χ1n) is 10.3. The van der Waals surface area contributed by atoms with Crippen molar-refractivity contribution in [3.63, 3.8) is 0 Å². The van der Waals surface area contributed by atoms with E-state index in [0.29, 0.717) is 23.2 Å². The van der Waals surface area contributed by atoms with Gasteiger partial charge in [-0.2, -0.15) is 0 Å². The Morgan fingerprint density at radius 1 is 1.03 bits per heavy atom. The number of amides is 1. The number of benzene rings is 2. The molecule has 1 saturated heterocycles. The summed E-state index contributed by atoms with van der Waals surface area (Å²) >= 11 is 1.61. The zero-order valence-electron chi connectivity index (χ0n) is 17.5. The maximum Gasteiger partial charge on any atom is 0.254 e. The largest absolute Gasteiger partial charge is 0.379 e. The molecule has 0 saturated carbocycles. The number of hydrogen-bond acceptors (Lipinski definition) is 6. The second kappa shape index (κ2) is 9.96. The fourth-order valence-electron chi connectivity index (χ4n) is 3.58.